The molecule has 1 aromatic heterocycles. The van der Waals surface area contributed by atoms with Gasteiger partial charge in [0.2, 0.25) is 11.8 Å². The molecule has 2 aromatic carbocycles. The lowest BCUT2D eigenvalue weighted by molar-refractivity contribution is -0.120. The van der Waals surface area contributed by atoms with Crippen molar-refractivity contribution in [2.45, 2.75) is 42.9 Å². The zero-order valence-corrected chi connectivity index (χ0v) is 19.1. The lowest BCUT2D eigenvalue weighted by atomic mass is 9.89. The van der Waals surface area contributed by atoms with Gasteiger partial charge in [0.05, 0.1) is 17.9 Å². The number of thiazole rings is 1. The van der Waals surface area contributed by atoms with Gasteiger partial charge in [-0.1, -0.05) is 67.4 Å². The molecule has 0 spiro atoms. The zero-order chi connectivity index (χ0) is 21.5. The number of nitrogens with zero attached hydrogens (tertiary/aromatic N) is 1. The number of thioether (sulfide) groups is 1. The van der Waals surface area contributed by atoms with Crippen molar-refractivity contribution in [2.24, 2.45) is 5.92 Å². The minimum atomic E-state index is -0.0664. The van der Waals surface area contributed by atoms with Gasteiger partial charge in [0.1, 0.15) is 0 Å². The Labute approximate surface area is 191 Å². The number of benzene rings is 2. The van der Waals surface area contributed by atoms with E-state index in [9.17, 15) is 9.59 Å². The van der Waals surface area contributed by atoms with E-state index in [1.807, 2.05) is 47.8 Å². The van der Waals surface area contributed by atoms with Gasteiger partial charge in [0.15, 0.2) is 4.34 Å². The fraction of sp³-hybridized carbons (Fsp3) is 0.375. The third kappa shape index (κ3) is 6.31. The van der Waals surface area contributed by atoms with E-state index in [0.717, 1.165) is 33.0 Å². The van der Waals surface area contributed by atoms with Crippen LogP contribution in [0.15, 0.2) is 52.2 Å². The predicted octanol–water partition coefficient (Wildman–Crippen LogP) is 5.27. The highest BCUT2D eigenvalue weighted by Gasteiger charge is 2.15. The van der Waals surface area contributed by atoms with E-state index in [-0.39, 0.29) is 17.6 Å². The van der Waals surface area contributed by atoms with Crippen molar-refractivity contribution in [1.82, 2.24) is 10.3 Å². The highest BCUT2D eigenvalue weighted by Crippen LogP contribution is 2.26. The largest absolute Gasteiger partial charge is 0.355 e. The van der Waals surface area contributed by atoms with E-state index >= 15 is 0 Å². The minimum Gasteiger partial charge on any atom is -0.355 e. The number of rotatable bonds is 8. The number of anilines is 1. The smallest absolute Gasteiger partial charge is 0.234 e. The number of hydrogen-bond acceptors (Lipinski definition) is 5. The van der Waals surface area contributed by atoms with Crippen molar-refractivity contribution >= 4 is 51.4 Å². The van der Waals surface area contributed by atoms with Crippen LogP contribution in [0.5, 0.6) is 0 Å². The molecule has 1 aliphatic carbocycles. The Morgan fingerprint density at radius 1 is 1.03 bits per heavy atom. The first-order valence-electron chi connectivity index (χ1n) is 10.8. The summed E-state index contributed by atoms with van der Waals surface area (Å²) in [5, 5.41) is 10.1. The maximum atomic E-state index is 12.4. The van der Waals surface area contributed by atoms with Gasteiger partial charge in [-0.05, 0) is 30.2 Å². The molecule has 0 atom stereocenters. The Kier molecular flexibility index (Phi) is 7.59. The summed E-state index contributed by atoms with van der Waals surface area (Å²) in [6.45, 7) is 0.777. The maximum Gasteiger partial charge on any atom is 0.234 e. The molecule has 1 fully saturated rings. The van der Waals surface area contributed by atoms with Crippen LogP contribution in [0.25, 0.3) is 10.8 Å². The third-order valence-corrected chi connectivity index (χ3v) is 7.65. The van der Waals surface area contributed by atoms with Crippen molar-refractivity contribution in [2.75, 3.05) is 17.6 Å². The standard InChI is InChI=1S/C24H27N3O2S2/c28-22(25-14-17-7-2-1-3-8-17)13-19-15-30-24(26-19)31-16-23(29)27-21-12-6-10-18-9-4-5-11-20(18)21/h4-6,9-12,15,17H,1-3,7-8,13-14,16H2,(H,25,28)(H,27,29). The van der Waals surface area contributed by atoms with E-state index < -0.39 is 0 Å². The Balaban J connectivity index is 1.23. The van der Waals surface area contributed by atoms with Crippen molar-refractivity contribution in [3.63, 3.8) is 0 Å². The van der Waals surface area contributed by atoms with Crippen molar-refractivity contribution in [3.05, 3.63) is 53.5 Å². The van der Waals surface area contributed by atoms with E-state index in [2.05, 4.69) is 15.6 Å². The van der Waals surface area contributed by atoms with Crippen LogP contribution in [0.3, 0.4) is 0 Å². The molecule has 2 N–H and O–H groups in total. The highest BCUT2D eigenvalue weighted by atomic mass is 32.2. The van der Waals surface area contributed by atoms with Crippen molar-refractivity contribution < 1.29 is 9.59 Å². The van der Waals surface area contributed by atoms with Crippen LogP contribution in [-0.2, 0) is 16.0 Å². The molecule has 162 valence electrons. The van der Waals surface area contributed by atoms with Gasteiger partial charge in [0, 0.05) is 23.0 Å². The summed E-state index contributed by atoms with van der Waals surface area (Å²) >= 11 is 2.88. The van der Waals surface area contributed by atoms with E-state index in [1.54, 1.807) is 0 Å². The van der Waals surface area contributed by atoms with Crippen molar-refractivity contribution in [1.29, 1.82) is 0 Å². The Morgan fingerprint density at radius 3 is 2.71 bits per heavy atom. The summed E-state index contributed by atoms with van der Waals surface area (Å²) in [4.78, 5) is 29.2. The molecule has 0 bridgehead atoms. The maximum absolute atomic E-state index is 12.4. The van der Waals surface area contributed by atoms with Gasteiger partial charge in [-0.15, -0.1) is 11.3 Å². The van der Waals surface area contributed by atoms with Crippen LogP contribution in [0.2, 0.25) is 0 Å². The van der Waals surface area contributed by atoms with Crippen LogP contribution in [-0.4, -0.2) is 29.1 Å². The molecule has 1 saturated carbocycles. The fourth-order valence-corrected chi connectivity index (χ4v) is 5.60. The van der Waals surface area contributed by atoms with Crippen LogP contribution < -0.4 is 10.6 Å². The summed E-state index contributed by atoms with van der Waals surface area (Å²) in [6.07, 6.45) is 6.62. The fourth-order valence-electron chi connectivity index (χ4n) is 3.96. The van der Waals surface area contributed by atoms with E-state index in [4.69, 9.17) is 0 Å². The lowest BCUT2D eigenvalue weighted by Gasteiger charge is -2.21. The number of amides is 2. The molecular weight excluding hydrogens is 426 g/mol. The predicted molar refractivity (Wildman–Crippen MR) is 129 cm³/mol. The first kappa shape index (κ1) is 21.8. The third-order valence-electron chi connectivity index (χ3n) is 5.58. The molecule has 7 heteroatoms. The molecule has 2 amide bonds. The second kappa shape index (κ2) is 10.8. The van der Waals surface area contributed by atoms with E-state index in [0.29, 0.717) is 12.3 Å². The van der Waals surface area contributed by atoms with Crippen LogP contribution in [0.4, 0.5) is 5.69 Å². The quantitative estimate of drug-likeness (QED) is 0.456. The molecule has 0 unspecified atom stereocenters. The van der Waals surface area contributed by atoms with Crippen molar-refractivity contribution in [3.8, 4) is 0 Å². The normalized spacial score (nSPS) is 14.5. The molecular formula is C24H27N3O2S2. The second-order valence-electron chi connectivity index (χ2n) is 7.95. The number of carbonyl (C=O) groups excluding carboxylic acids is 2. The Bertz CT molecular complexity index is 1040. The number of hydrogen-bond donors (Lipinski definition) is 2. The van der Waals surface area contributed by atoms with Gasteiger partial charge in [-0.2, -0.15) is 0 Å². The van der Waals surface area contributed by atoms with Crippen LogP contribution >= 0.6 is 23.1 Å². The first-order valence-corrected chi connectivity index (χ1v) is 12.7. The SMILES string of the molecule is O=C(Cc1csc(SCC(=O)Nc2cccc3ccccc23)n1)NCC1CCCCC1. The highest BCUT2D eigenvalue weighted by molar-refractivity contribution is 8.01. The number of aromatic nitrogens is 1. The molecule has 4 rings (SSSR count). The number of carbonyl (C=O) groups is 2. The molecule has 0 saturated heterocycles. The molecule has 31 heavy (non-hydrogen) atoms. The van der Waals surface area contributed by atoms with Gasteiger partial charge >= 0.3 is 0 Å². The van der Waals surface area contributed by atoms with Gasteiger partial charge in [0.25, 0.3) is 0 Å². The van der Waals surface area contributed by atoms with Crippen LogP contribution in [0, 0.1) is 5.92 Å². The first-order chi connectivity index (χ1) is 15.2. The molecule has 0 aliphatic heterocycles. The molecule has 3 aromatic rings. The second-order valence-corrected chi connectivity index (χ2v) is 10.0. The van der Waals surface area contributed by atoms with Gasteiger partial charge in [-0.3, -0.25) is 9.59 Å². The van der Waals surface area contributed by atoms with Crippen LogP contribution in [0.1, 0.15) is 37.8 Å². The topological polar surface area (TPSA) is 71.1 Å². The molecule has 1 aliphatic rings. The zero-order valence-electron chi connectivity index (χ0n) is 17.4. The van der Waals surface area contributed by atoms with E-state index in [1.165, 1.54) is 55.2 Å². The molecule has 0 radical (unpaired) electrons. The summed E-state index contributed by atoms with van der Waals surface area (Å²) < 4.78 is 0.808. The average molecular weight is 454 g/mol. The summed E-state index contributed by atoms with van der Waals surface area (Å²) in [6, 6.07) is 13.9. The summed E-state index contributed by atoms with van der Waals surface area (Å²) in [7, 11) is 0. The van der Waals surface area contributed by atoms with Gasteiger partial charge < -0.3 is 10.6 Å². The molecule has 5 nitrogen and oxygen atoms in total. The number of fused-ring (bicyclic) bond motifs is 1. The number of nitrogens with one attached hydrogen (secondary N) is 2. The Hall–Kier alpha value is -2.38. The summed E-state index contributed by atoms with van der Waals surface area (Å²) in [5.41, 5.74) is 1.58. The minimum absolute atomic E-state index is 0.0288. The molecule has 1 heterocycles. The monoisotopic (exact) mass is 453 g/mol. The average Bonchev–Trinajstić information content (AvgIpc) is 3.24. The van der Waals surface area contributed by atoms with Gasteiger partial charge in [-0.25, -0.2) is 4.98 Å². The summed E-state index contributed by atoms with van der Waals surface area (Å²) in [5.74, 6) is 0.869. The lowest BCUT2D eigenvalue weighted by Crippen LogP contribution is -2.31. The Morgan fingerprint density at radius 2 is 1.84 bits per heavy atom.